The summed E-state index contributed by atoms with van der Waals surface area (Å²) in [5, 5.41) is 6.09. The molecule has 0 radical (unpaired) electrons. The summed E-state index contributed by atoms with van der Waals surface area (Å²) in [5.74, 6) is 3.15. The van der Waals surface area contributed by atoms with E-state index in [0.717, 1.165) is 41.9 Å². The topological polar surface area (TPSA) is 70.2 Å². The third-order valence-electron chi connectivity index (χ3n) is 4.28. The molecule has 1 aliphatic rings. The molecular weight excluding hydrogens is 314 g/mol. The molecule has 132 valence electrons. The molecule has 1 atom stereocenters. The minimum Gasteiger partial charge on any atom is -0.356 e. The highest BCUT2D eigenvalue weighted by Gasteiger charge is 2.18. The lowest BCUT2D eigenvalue weighted by Gasteiger charge is -2.32. The molecule has 1 aliphatic heterocycles. The quantitative estimate of drug-likeness (QED) is 0.888. The van der Waals surface area contributed by atoms with E-state index in [4.69, 9.17) is 0 Å². The molecule has 0 bridgehead atoms. The van der Waals surface area contributed by atoms with Crippen LogP contribution in [0.5, 0.6) is 0 Å². The highest BCUT2D eigenvalue weighted by molar-refractivity contribution is 5.88. The van der Waals surface area contributed by atoms with Crippen molar-refractivity contribution in [3.05, 3.63) is 36.2 Å². The van der Waals surface area contributed by atoms with Gasteiger partial charge in [-0.3, -0.25) is 4.79 Å². The Morgan fingerprint density at radius 3 is 2.60 bits per heavy atom. The first-order chi connectivity index (χ1) is 12.0. The standard InChI is InChI=1S/C19H25N5O/c1-13-5-4-10-24(12-13)19-11-18(20-14(2)21-19)23-17-8-6-16(7-9-17)22-15(3)25/h6-9,11,13H,4-5,10,12H2,1-3H3,(H,22,25)(H,20,21,23). The zero-order valence-corrected chi connectivity index (χ0v) is 15.0. The van der Waals surface area contributed by atoms with E-state index in [1.54, 1.807) is 0 Å². The summed E-state index contributed by atoms with van der Waals surface area (Å²) in [5.41, 5.74) is 1.70. The van der Waals surface area contributed by atoms with Crippen molar-refractivity contribution in [2.24, 2.45) is 5.92 Å². The van der Waals surface area contributed by atoms with Gasteiger partial charge in [-0.2, -0.15) is 0 Å². The minimum atomic E-state index is -0.0764. The number of aryl methyl sites for hydroxylation is 1. The molecule has 2 aromatic rings. The van der Waals surface area contributed by atoms with Crippen LogP contribution in [0, 0.1) is 12.8 Å². The Labute approximate surface area is 148 Å². The highest BCUT2D eigenvalue weighted by Crippen LogP contribution is 2.25. The van der Waals surface area contributed by atoms with E-state index in [1.807, 2.05) is 37.3 Å². The predicted molar refractivity (Wildman–Crippen MR) is 101 cm³/mol. The Morgan fingerprint density at radius 2 is 1.92 bits per heavy atom. The van der Waals surface area contributed by atoms with Gasteiger partial charge in [0.2, 0.25) is 5.91 Å². The maximum absolute atomic E-state index is 11.1. The van der Waals surface area contributed by atoms with E-state index in [9.17, 15) is 4.79 Å². The second kappa shape index (κ2) is 7.51. The second-order valence-electron chi connectivity index (χ2n) is 6.74. The smallest absolute Gasteiger partial charge is 0.221 e. The van der Waals surface area contributed by atoms with Crippen molar-refractivity contribution in [2.45, 2.75) is 33.6 Å². The third-order valence-corrected chi connectivity index (χ3v) is 4.28. The third kappa shape index (κ3) is 4.68. The number of rotatable bonds is 4. The van der Waals surface area contributed by atoms with Gasteiger partial charge in [-0.1, -0.05) is 6.92 Å². The molecule has 1 amide bonds. The lowest BCUT2D eigenvalue weighted by atomic mass is 10.0. The van der Waals surface area contributed by atoms with Crippen LogP contribution < -0.4 is 15.5 Å². The van der Waals surface area contributed by atoms with E-state index >= 15 is 0 Å². The molecule has 2 N–H and O–H groups in total. The summed E-state index contributed by atoms with van der Waals surface area (Å²) in [7, 11) is 0. The van der Waals surface area contributed by atoms with E-state index in [0.29, 0.717) is 5.92 Å². The zero-order valence-electron chi connectivity index (χ0n) is 15.0. The average molecular weight is 339 g/mol. The van der Waals surface area contributed by atoms with Crippen LogP contribution in [0.25, 0.3) is 0 Å². The number of piperidine rings is 1. The molecular formula is C19H25N5O. The number of nitrogens with zero attached hydrogens (tertiary/aromatic N) is 3. The summed E-state index contributed by atoms with van der Waals surface area (Å²) >= 11 is 0. The molecule has 1 aromatic heterocycles. The molecule has 1 fully saturated rings. The van der Waals surface area contributed by atoms with Crippen LogP contribution in [-0.2, 0) is 4.79 Å². The number of hydrogen-bond donors (Lipinski definition) is 2. The number of aromatic nitrogens is 2. The number of carbonyl (C=O) groups is 1. The number of hydrogen-bond acceptors (Lipinski definition) is 5. The first kappa shape index (κ1) is 17.2. The first-order valence-corrected chi connectivity index (χ1v) is 8.75. The molecule has 1 unspecified atom stereocenters. The molecule has 0 aliphatic carbocycles. The molecule has 1 aromatic carbocycles. The van der Waals surface area contributed by atoms with Gasteiger partial charge in [0.15, 0.2) is 0 Å². The van der Waals surface area contributed by atoms with Crippen molar-refractivity contribution in [1.29, 1.82) is 0 Å². The molecule has 6 nitrogen and oxygen atoms in total. The maximum Gasteiger partial charge on any atom is 0.221 e. The predicted octanol–water partition coefficient (Wildman–Crippen LogP) is 3.72. The Balaban J connectivity index is 1.75. The van der Waals surface area contributed by atoms with E-state index in [-0.39, 0.29) is 5.91 Å². The SMILES string of the molecule is CC(=O)Nc1ccc(Nc2cc(N3CCCC(C)C3)nc(C)n2)cc1. The Kier molecular flexibility index (Phi) is 5.16. The molecule has 2 heterocycles. The minimum absolute atomic E-state index is 0.0764. The van der Waals surface area contributed by atoms with Crippen LogP contribution in [-0.4, -0.2) is 29.0 Å². The fraction of sp³-hybridized carbons (Fsp3) is 0.421. The first-order valence-electron chi connectivity index (χ1n) is 8.75. The molecule has 0 spiro atoms. The fourth-order valence-corrected chi connectivity index (χ4v) is 3.16. The zero-order chi connectivity index (χ0) is 17.8. The van der Waals surface area contributed by atoms with Crippen LogP contribution in [0.3, 0.4) is 0 Å². The van der Waals surface area contributed by atoms with Gasteiger partial charge in [0.1, 0.15) is 17.5 Å². The van der Waals surface area contributed by atoms with Crippen LogP contribution in [0.2, 0.25) is 0 Å². The van der Waals surface area contributed by atoms with Gasteiger partial charge < -0.3 is 15.5 Å². The molecule has 1 saturated heterocycles. The highest BCUT2D eigenvalue weighted by atomic mass is 16.1. The van der Waals surface area contributed by atoms with Crippen molar-refractivity contribution in [2.75, 3.05) is 28.6 Å². The number of amides is 1. The van der Waals surface area contributed by atoms with E-state index in [1.165, 1.54) is 19.8 Å². The van der Waals surface area contributed by atoms with Crippen LogP contribution in [0.4, 0.5) is 23.0 Å². The summed E-state index contributed by atoms with van der Waals surface area (Å²) in [6.45, 7) is 7.80. The van der Waals surface area contributed by atoms with Crippen LogP contribution in [0.1, 0.15) is 32.5 Å². The molecule has 3 rings (SSSR count). The number of anilines is 4. The Bertz CT molecular complexity index is 744. The van der Waals surface area contributed by atoms with Crippen molar-refractivity contribution in [1.82, 2.24) is 9.97 Å². The van der Waals surface area contributed by atoms with Gasteiger partial charge in [0.05, 0.1) is 0 Å². The lowest BCUT2D eigenvalue weighted by Crippen LogP contribution is -2.35. The molecule has 25 heavy (non-hydrogen) atoms. The second-order valence-corrected chi connectivity index (χ2v) is 6.74. The Morgan fingerprint density at radius 1 is 1.20 bits per heavy atom. The van der Waals surface area contributed by atoms with Crippen molar-refractivity contribution in [3.8, 4) is 0 Å². The number of nitrogens with one attached hydrogen (secondary N) is 2. The molecule has 6 heteroatoms. The van der Waals surface area contributed by atoms with E-state index < -0.39 is 0 Å². The normalized spacial score (nSPS) is 17.2. The van der Waals surface area contributed by atoms with Gasteiger partial charge in [0.25, 0.3) is 0 Å². The summed E-state index contributed by atoms with van der Waals surface area (Å²) in [6.07, 6.45) is 2.49. The van der Waals surface area contributed by atoms with Gasteiger partial charge in [0, 0.05) is 37.5 Å². The summed E-state index contributed by atoms with van der Waals surface area (Å²) in [6, 6.07) is 9.58. The average Bonchev–Trinajstić information content (AvgIpc) is 2.56. The van der Waals surface area contributed by atoms with Gasteiger partial charge in [-0.15, -0.1) is 0 Å². The monoisotopic (exact) mass is 339 g/mol. The summed E-state index contributed by atoms with van der Waals surface area (Å²) in [4.78, 5) is 22.5. The van der Waals surface area contributed by atoms with Crippen molar-refractivity contribution in [3.63, 3.8) is 0 Å². The van der Waals surface area contributed by atoms with Crippen LogP contribution in [0.15, 0.2) is 30.3 Å². The number of benzene rings is 1. The van der Waals surface area contributed by atoms with Crippen molar-refractivity contribution < 1.29 is 4.79 Å². The van der Waals surface area contributed by atoms with Gasteiger partial charge >= 0.3 is 0 Å². The van der Waals surface area contributed by atoms with Gasteiger partial charge in [-0.05, 0) is 49.9 Å². The maximum atomic E-state index is 11.1. The largest absolute Gasteiger partial charge is 0.356 e. The van der Waals surface area contributed by atoms with Gasteiger partial charge in [-0.25, -0.2) is 9.97 Å². The number of carbonyl (C=O) groups excluding carboxylic acids is 1. The lowest BCUT2D eigenvalue weighted by molar-refractivity contribution is -0.114. The molecule has 0 saturated carbocycles. The Hall–Kier alpha value is -2.63. The fourth-order valence-electron chi connectivity index (χ4n) is 3.16. The van der Waals surface area contributed by atoms with Crippen molar-refractivity contribution >= 4 is 28.9 Å². The summed E-state index contributed by atoms with van der Waals surface area (Å²) < 4.78 is 0. The van der Waals surface area contributed by atoms with E-state index in [2.05, 4.69) is 32.4 Å². The van der Waals surface area contributed by atoms with Crippen LogP contribution >= 0.6 is 0 Å².